The zero-order valence-electron chi connectivity index (χ0n) is 10.7. The van der Waals surface area contributed by atoms with Crippen LogP contribution in [0.4, 0.5) is 5.82 Å². The predicted octanol–water partition coefficient (Wildman–Crippen LogP) is 0.877. The van der Waals surface area contributed by atoms with E-state index >= 15 is 0 Å². The highest BCUT2D eigenvalue weighted by Gasteiger charge is 2.35. The second-order valence-corrected chi connectivity index (χ2v) is 8.18. The lowest BCUT2D eigenvalue weighted by Crippen LogP contribution is -2.50. The molecule has 1 aliphatic rings. The van der Waals surface area contributed by atoms with Crippen molar-refractivity contribution in [3.63, 3.8) is 0 Å². The van der Waals surface area contributed by atoms with Crippen molar-refractivity contribution in [3.8, 4) is 0 Å². The van der Waals surface area contributed by atoms with E-state index in [0.717, 1.165) is 6.26 Å². The third-order valence-electron chi connectivity index (χ3n) is 2.91. The molecule has 0 aliphatic carbocycles. The number of halogens is 1. The molecule has 2 N–H and O–H groups in total. The number of carbonyl (C=O) groups is 1. The maximum Gasteiger partial charge on any atom is 0.275 e. The van der Waals surface area contributed by atoms with E-state index in [1.54, 1.807) is 0 Å². The van der Waals surface area contributed by atoms with Crippen molar-refractivity contribution >= 4 is 44.9 Å². The first-order chi connectivity index (χ1) is 9.30. The Bertz CT molecular complexity index is 636. The third-order valence-corrected chi connectivity index (χ3v) is 5.86. The van der Waals surface area contributed by atoms with Crippen LogP contribution in [0.25, 0.3) is 0 Å². The highest BCUT2D eigenvalue weighted by Crippen LogP contribution is 2.24. The number of hydrogen-bond acceptors (Lipinski definition) is 6. The van der Waals surface area contributed by atoms with Crippen LogP contribution in [-0.2, 0) is 9.84 Å². The number of anilines is 1. The number of nitrogens with zero attached hydrogens (tertiary/aromatic N) is 2. The number of aromatic nitrogens is 1. The van der Waals surface area contributed by atoms with Crippen LogP contribution < -0.4 is 5.73 Å². The van der Waals surface area contributed by atoms with Gasteiger partial charge >= 0.3 is 0 Å². The van der Waals surface area contributed by atoms with Crippen LogP contribution in [0, 0.1) is 0 Å². The van der Waals surface area contributed by atoms with Crippen LogP contribution in [0.5, 0.6) is 0 Å². The fraction of sp³-hybridized carbons (Fsp3) is 0.455. The van der Waals surface area contributed by atoms with E-state index in [4.69, 9.17) is 17.3 Å². The molecule has 0 saturated carbocycles. The molecule has 2 rings (SSSR count). The van der Waals surface area contributed by atoms with E-state index in [1.165, 1.54) is 28.8 Å². The van der Waals surface area contributed by atoms with Crippen molar-refractivity contribution in [2.24, 2.45) is 0 Å². The summed E-state index contributed by atoms with van der Waals surface area (Å²) in [4.78, 5) is 17.7. The molecule has 1 saturated heterocycles. The normalized spacial score (nSPS) is 19.9. The zero-order chi connectivity index (χ0) is 14.9. The Morgan fingerprint density at radius 1 is 1.55 bits per heavy atom. The second-order valence-electron chi connectivity index (χ2n) is 4.42. The fourth-order valence-electron chi connectivity index (χ4n) is 1.91. The van der Waals surface area contributed by atoms with Crippen LogP contribution in [0.1, 0.15) is 10.5 Å². The minimum Gasteiger partial charge on any atom is -0.384 e. The lowest BCUT2D eigenvalue weighted by atomic mass is 10.3. The molecule has 9 heteroatoms. The minimum atomic E-state index is -3.37. The van der Waals surface area contributed by atoms with Gasteiger partial charge in [-0.2, -0.15) is 11.8 Å². The predicted molar refractivity (Wildman–Crippen MR) is 80.7 cm³/mol. The molecular weight excluding hydrogens is 322 g/mol. The van der Waals surface area contributed by atoms with Crippen LogP contribution in [0.3, 0.4) is 0 Å². The number of hydrogen-bond donors (Lipinski definition) is 1. The van der Waals surface area contributed by atoms with Gasteiger partial charge in [-0.3, -0.25) is 4.79 Å². The molecule has 110 valence electrons. The van der Waals surface area contributed by atoms with Crippen molar-refractivity contribution in [2.75, 3.05) is 30.0 Å². The summed E-state index contributed by atoms with van der Waals surface area (Å²) in [6.45, 7) is 0.341. The maximum atomic E-state index is 12.5. The summed E-state index contributed by atoms with van der Waals surface area (Å²) in [5.41, 5.74) is 5.55. The molecule has 1 aliphatic heterocycles. The summed E-state index contributed by atoms with van der Waals surface area (Å²) < 4.78 is 23.6. The summed E-state index contributed by atoms with van der Waals surface area (Å²) >= 11 is 7.45. The lowest BCUT2D eigenvalue weighted by molar-refractivity contribution is 0.0744. The van der Waals surface area contributed by atoms with Gasteiger partial charge in [0.1, 0.15) is 16.9 Å². The second kappa shape index (κ2) is 5.79. The fourth-order valence-corrected chi connectivity index (χ4v) is 4.91. The van der Waals surface area contributed by atoms with E-state index in [2.05, 4.69) is 4.98 Å². The first kappa shape index (κ1) is 15.4. The van der Waals surface area contributed by atoms with Gasteiger partial charge in [0.25, 0.3) is 5.91 Å². The van der Waals surface area contributed by atoms with E-state index in [-0.39, 0.29) is 16.5 Å². The largest absolute Gasteiger partial charge is 0.384 e. The molecule has 20 heavy (non-hydrogen) atoms. The monoisotopic (exact) mass is 335 g/mol. The Morgan fingerprint density at radius 2 is 2.25 bits per heavy atom. The molecule has 0 bridgehead atoms. The number of thioether (sulfide) groups is 1. The number of nitrogens with two attached hydrogens (primary N) is 1. The average Bonchev–Trinajstić information content (AvgIpc) is 2.40. The topological polar surface area (TPSA) is 93.4 Å². The smallest absolute Gasteiger partial charge is 0.275 e. The Morgan fingerprint density at radius 3 is 2.90 bits per heavy atom. The Kier molecular flexibility index (Phi) is 4.46. The molecule has 1 amide bonds. The van der Waals surface area contributed by atoms with E-state index in [0.29, 0.717) is 18.1 Å². The van der Waals surface area contributed by atoms with Gasteiger partial charge in [-0.1, -0.05) is 11.6 Å². The molecule has 1 aromatic rings. The van der Waals surface area contributed by atoms with Crippen LogP contribution in [0.2, 0.25) is 5.02 Å². The number of rotatable bonds is 2. The van der Waals surface area contributed by atoms with Gasteiger partial charge in [0.15, 0.2) is 9.84 Å². The molecule has 0 aromatic carbocycles. The SMILES string of the molecule is CS(=O)(=O)C1CSCCN1C(=O)c1nc(N)ccc1Cl. The molecule has 1 unspecified atom stereocenters. The summed E-state index contributed by atoms with van der Waals surface area (Å²) in [7, 11) is -3.37. The Hall–Kier alpha value is -0.990. The van der Waals surface area contributed by atoms with Gasteiger partial charge < -0.3 is 10.6 Å². The van der Waals surface area contributed by atoms with E-state index in [1.807, 2.05) is 0 Å². The van der Waals surface area contributed by atoms with Crippen molar-refractivity contribution in [2.45, 2.75) is 5.37 Å². The molecule has 6 nitrogen and oxygen atoms in total. The van der Waals surface area contributed by atoms with E-state index in [9.17, 15) is 13.2 Å². The number of nitrogen functional groups attached to an aromatic ring is 1. The lowest BCUT2D eigenvalue weighted by Gasteiger charge is -2.33. The molecular formula is C11H14ClN3O3S2. The number of amides is 1. The van der Waals surface area contributed by atoms with Crippen molar-refractivity contribution in [1.82, 2.24) is 9.88 Å². The minimum absolute atomic E-state index is 0.00721. The van der Waals surface area contributed by atoms with Crippen molar-refractivity contribution in [1.29, 1.82) is 0 Å². The maximum absolute atomic E-state index is 12.5. The van der Waals surface area contributed by atoms with Crippen molar-refractivity contribution < 1.29 is 13.2 Å². The number of pyridine rings is 1. The first-order valence-corrected chi connectivity index (χ1v) is 9.29. The molecule has 2 heterocycles. The Labute approximate surface area is 126 Å². The van der Waals surface area contributed by atoms with Gasteiger partial charge in [0.05, 0.1) is 5.02 Å². The highest BCUT2D eigenvalue weighted by atomic mass is 35.5. The first-order valence-electron chi connectivity index (χ1n) is 5.80. The molecule has 1 atom stereocenters. The summed E-state index contributed by atoms with van der Waals surface area (Å²) in [5.74, 6) is 0.695. The highest BCUT2D eigenvalue weighted by molar-refractivity contribution is 8.00. The van der Waals surface area contributed by atoms with Crippen LogP contribution in [0.15, 0.2) is 12.1 Å². The summed E-state index contributed by atoms with van der Waals surface area (Å²) in [5, 5.41) is -0.692. The third kappa shape index (κ3) is 3.18. The Balaban J connectivity index is 2.37. The quantitative estimate of drug-likeness (QED) is 0.862. The molecule has 0 radical (unpaired) electrons. The molecule has 0 spiro atoms. The number of sulfone groups is 1. The standard InChI is InChI=1S/C11H14ClN3O3S2/c1-20(17,18)9-6-19-5-4-15(9)11(16)10-7(12)2-3-8(13)14-10/h2-3,9H,4-6H2,1H3,(H2,13,14). The van der Waals surface area contributed by atoms with Gasteiger partial charge in [-0.15, -0.1) is 0 Å². The van der Waals surface area contributed by atoms with Crippen LogP contribution in [-0.4, -0.2) is 53.9 Å². The van der Waals surface area contributed by atoms with Crippen LogP contribution >= 0.6 is 23.4 Å². The van der Waals surface area contributed by atoms with Gasteiger partial charge in [0, 0.05) is 24.3 Å². The zero-order valence-corrected chi connectivity index (χ0v) is 13.1. The van der Waals surface area contributed by atoms with E-state index < -0.39 is 21.1 Å². The summed E-state index contributed by atoms with van der Waals surface area (Å²) in [6, 6.07) is 2.96. The van der Waals surface area contributed by atoms with Gasteiger partial charge in [-0.05, 0) is 12.1 Å². The average molecular weight is 336 g/mol. The van der Waals surface area contributed by atoms with Gasteiger partial charge in [-0.25, -0.2) is 13.4 Å². The molecule has 1 aromatic heterocycles. The molecule has 1 fully saturated rings. The summed E-state index contributed by atoms with van der Waals surface area (Å²) in [6.07, 6.45) is 1.12. The van der Waals surface area contributed by atoms with Crippen molar-refractivity contribution in [3.05, 3.63) is 22.8 Å². The van der Waals surface area contributed by atoms with Gasteiger partial charge in [0.2, 0.25) is 0 Å². The number of carbonyl (C=O) groups excluding carboxylic acids is 1.